The maximum Gasteiger partial charge on any atom is 0.308 e. The van der Waals surface area contributed by atoms with Crippen molar-refractivity contribution in [2.45, 2.75) is 24.7 Å². The minimum Gasteiger partial charge on any atom is -0.469 e. The number of carbonyl (C=O) groups is 2. The van der Waals surface area contributed by atoms with Crippen molar-refractivity contribution in [2.75, 3.05) is 24.9 Å². The van der Waals surface area contributed by atoms with Crippen molar-refractivity contribution < 1.29 is 22.7 Å². The Hall–Kier alpha value is -2.58. The number of nitrogens with zero attached hydrogens (tertiary/aromatic N) is 1. The van der Waals surface area contributed by atoms with Gasteiger partial charge in [0.25, 0.3) is 15.9 Å². The molecule has 3 rings (SSSR count). The molecule has 160 valence electrons. The number of rotatable bonds is 5. The molecule has 0 atom stereocenters. The Balaban J connectivity index is 1.78. The summed E-state index contributed by atoms with van der Waals surface area (Å²) in [5.74, 6) is -0.801. The van der Waals surface area contributed by atoms with E-state index in [9.17, 15) is 18.0 Å². The molecule has 30 heavy (non-hydrogen) atoms. The average Bonchev–Trinajstić information content (AvgIpc) is 2.74. The number of nitrogens with one attached hydrogen (secondary N) is 1. The second-order valence-corrected chi connectivity index (χ2v) is 9.26. The largest absolute Gasteiger partial charge is 0.469 e. The molecular weight excluding hydrogens is 428 g/mol. The molecule has 1 amide bonds. The Morgan fingerprint density at radius 1 is 1.10 bits per heavy atom. The molecule has 2 aromatic carbocycles. The number of piperidine rings is 1. The molecule has 9 heteroatoms. The van der Waals surface area contributed by atoms with Crippen LogP contribution >= 0.6 is 11.6 Å². The topological polar surface area (TPSA) is 92.8 Å². The van der Waals surface area contributed by atoms with Gasteiger partial charge in [0.15, 0.2) is 0 Å². The summed E-state index contributed by atoms with van der Waals surface area (Å²) in [6.45, 7) is 2.69. The molecule has 0 spiro atoms. The molecule has 1 fully saturated rings. The van der Waals surface area contributed by atoms with E-state index in [0.29, 0.717) is 31.6 Å². The van der Waals surface area contributed by atoms with Crippen molar-refractivity contribution in [3.63, 3.8) is 0 Å². The summed E-state index contributed by atoms with van der Waals surface area (Å²) < 4.78 is 32.9. The number of aryl methyl sites for hydroxylation is 1. The van der Waals surface area contributed by atoms with Crippen molar-refractivity contribution in [1.82, 2.24) is 4.90 Å². The van der Waals surface area contributed by atoms with Crippen molar-refractivity contribution in [1.29, 1.82) is 0 Å². The average molecular weight is 451 g/mol. The molecule has 1 N–H and O–H groups in total. The van der Waals surface area contributed by atoms with Crippen molar-refractivity contribution in [3.8, 4) is 0 Å². The van der Waals surface area contributed by atoms with Crippen LogP contribution in [0.5, 0.6) is 0 Å². The predicted octanol–water partition coefficient (Wildman–Crippen LogP) is 3.47. The van der Waals surface area contributed by atoms with Crippen LogP contribution in [0.3, 0.4) is 0 Å². The maximum absolute atomic E-state index is 12.9. The van der Waals surface area contributed by atoms with Crippen LogP contribution in [0.15, 0.2) is 47.4 Å². The maximum atomic E-state index is 12.9. The Kier molecular flexibility index (Phi) is 6.67. The van der Waals surface area contributed by atoms with Crippen LogP contribution in [0.2, 0.25) is 5.02 Å². The number of hydrogen-bond donors (Lipinski definition) is 1. The number of halogens is 1. The van der Waals surface area contributed by atoms with Gasteiger partial charge in [-0.05, 0) is 50.1 Å². The number of methoxy groups -OCH3 is 1. The van der Waals surface area contributed by atoms with Gasteiger partial charge in [0.05, 0.1) is 18.1 Å². The SMILES string of the molecule is COC(=O)C1CCN(C(=O)c2ccc(Cl)c(S(=O)(=O)Nc3ccc(C)cc3)c2)CC1. The number of benzene rings is 2. The molecule has 1 saturated heterocycles. The fourth-order valence-corrected chi connectivity index (χ4v) is 4.93. The van der Waals surface area contributed by atoms with E-state index in [1.165, 1.54) is 25.3 Å². The Morgan fingerprint density at radius 3 is 2.33 bits per heavy atom. The first-order chi connectivity index (χ1) is 14.2. The highest BCUT2D eigenvalue weighted by atomic mass is 35.5. The van der Waals surface area contributed by atoms with Crippen LogP contribution < -0.4 is 4.72 Å². The van der Waals surface area contributed by atoms with Crippen LogP contribution in [0.25, 0.3) is 0 Å². The smallest absolute Gasteiger partial charge is 0.308 e. The summed E-state index contributed by atoms with van der Waals surface area (Å²) in [4.78, 5) is 26.0. The van der Waals surface area contributed by atoms with Gasteiger partial charge in [-0.15, -0.1) is 0 Å². The lowest BCUT2D eigenvalue weighted by atomic mass is 9.96. The van der Waals surface area contributed by atoms with Gasteiger partial charge in [-0.2, -0.15) is 0 Å². The molecule has 2 aromatic rings. The fraction of sp³-hybridized carbons (Fsp3) is 0.333. The van der Waals surface area contributed by atoms with Gasteiger partial charge in [0.1, 0.15) is 4.90 Å². The monoisotopic (exact) mass is 450 g/mol. The Labute approximate surface area is 181 Å². The highest BCUT2D eigenvalue weighted by molar-refractivity contribution is 7.92. The fourth-order valence-electron chi connectivity index (χ4n) is 3.34. The third-order valence-corrected chi connectivity index (χ3v) is 6.95. The normalized spacial score (nSPS) is 15.0. The lowest BCUT2D eigenvalue weighted by Gasteiger charge is -2.30. The Morgan fingerprint density at radius 2 is 1.73 bits per heavy atom. The molecule has 0 saturated carbocycles. The molecule has 1 aliphatic rings. The third kappa shape index (κ3) is 4.94. The van der Waals surface area contributed by atoms with Crippen LogP contribution in [0.1, 0.15) is 28.8 Å². The third-order valence-electron chi connectivity index (χ3n) is 5.09. The molecule has 0 bridgehead atoms. The standard InChI is InChI=1S/C21H23ClN2O5S/c1-14-3-6-17(7-4-14)23-30(27,28)19-13-16(5-8-18(19)22)20(25)24-11-9-15(10-12-24)21(26)29-2/h3-8,13,15,23H,9-12H2,1-2H3. The predicted molar refractivity (Wildman–Crippen MR) is 114 cm³/mol. The van der Waals surface area contributed by atoms with Crippen LogP contribution in [-0.2, 0) is 19.6 Å². The summed E-state index contributed by atoms with van der Waals surface area (Å²) in [6, 6.07) is 11.1. The molecule has 0 aromatic heterocycles. The van der Waals surface area contributed by atoms with Gasteiger partial charge in [0, 0.05) is 24.3 Å². The van der Waals surface area contributed by atoms with Crippen LogP contribution in [0, 0.1) is 12.8 Å². The number of likely N-dealkylation sites (tertiary alicyclic amines) is 1. The van der Waals surface area contributed by atoms with E-state index >= 15 is 0 Å². The lowest BCUT2D eigenvalue weighted by Crippen LogP contribution is -2.40. The number of esters is 1. The summed E-state index contributed by atoms with van der Waals surface area (Å²) in [5, 5.41) is 0.0237. The minimum absolute atomic E-state index is 0.0237. The molecule has 1 aliphatic heterocycles. The highest BCUT2D eigenvalue weighted by Gasteiger charge is 2.29. The van der Waals surface area contributed by atoms with Crippen molar-refractivity contribution >= 4 is 39.2 Å². The van der Waals surface area contributed by atoms with Gasteiger partial charge in [-0.3, -0.25) is 14.3 Å². The van der Waals surface area contributed by atoms with Gasteiger partial charge in [-0.1, -0.05) is 29.3 Å². The molecular formula is C21H23ClN2O5S. The second kappa shape index (κ2) is 9.06. The van der Waals surface area contributed by atoms with Crippen LogP contribution in [-0.4, -0.2) is 45.4 Å². The number of anilines is 1. The summed E-state index contributed by atoms with van der Waals surface area (Å²) in [6.07, 6.45) is 1.01. The quantitative estimate of drug-likeness (QED) is 0.704. The van der Waals surface area contributed by atoms with Crippen LogP contribution in [0.4, 0.5) is 5.69 Å². The van der Waals surface area contributed by atoms with Crippen molar-refractivity contribution in [3.05, 3.63) is 58.6 Å². The second-order valence-electron chi connectivity index (χ2n) is 7.21. The van der Waals surface area contributed by atoms with E-state index in [1.807, 2.05) is 6.92 Å². The van der Waals surface area contributed by atoms with E-state index < -0.39 is 10.0 Å². The zero-order valence-electron chi connectivity index (χ0n) is 16.7. The van der Waals surface area contributed by atoms with Crippen molar-refractivity contribution in [2.24, 2.45) is 5.92 Å². The van der Waals surface area contributed by atoms with E-state index in [2.05, 4.69) is 4.72 Å². The summed E-state index contributed by atoms with van der Waals surface area (Å²) in [5.41, 5.74) is 1.62. The van der Waals surface area contributed by atoms with E-state index in [1.54, 1.807) is 29.2 Å². The number of hydrogen-bond acceptors (Lipinski definition) is 5. The number of amides is 1. The number of ether oxygens (including phenoxy) is 1. The van der Waals surface area contributed by atoms with Gasteiger partial charge < -0.3 is 9.64 Å². The number of sulfonamides is 1. The summed E-state index contributed by atoms with van der Waals surface area (Å²) in [7, 11) is -2.63. The van der Waals surface area contributed by atoms with E-state index in [0.717, 1.165) is 5.56 Å². The van der Waals surface area contributed by atoms with Gasteiger partial charge >= 0.3 is 5.97 Å². The first-order valence-electron chi connectivity index (χ1n) is 9.47. The highest BCUT2D eigenvalue weighted by Crippen LogP contribution is 2.27. The molecule has 1 heterocycles. The summed E-state index contributed by atoms with van der Waals surface area (Å²) >= 11 is 6.14. The molecule has 0 unspecified atom stereocenters. The number of carbonyl (C=O) groups excluding carboxylic acids is 2. The van der Waals surface area contributed by atoms with E-state index in [4.69, 9.17) is 16.3 Å². The first kappa shape index (κ1) is 22.1. The molecule has 0 radical (unpaired) electrons. The molecule has 7 nitrogen and oxygen atoms in total. The van der Waals surface area contributed by atoms with Gasteiger partial charge in [-0.25, -0.2) is 8.42 Å². The zero-order valence-corrected chi connectivity index (χ0v) is 18.3. The van der Waals surface area contributed by atoms with Gasteiger partial charge in [0.2, 0.25) is 0 Å². The lowest BCUT2D eigenvalue weighted by molar-refractivity contribution is -0.146. The minimum atomic E-state index is -3.98. The molecule has 0 aliphatic carbocycles. The zero-order chi connectivity index (χ0) is 21.9. The van der Waals surface area contributed by atoms with E-state index in [-0.39, 0.29) is 33.3 Å². The first-order valence-corrected chi connectivity index (χ1v) is 11.3. The Bertz CT molecular complexity index is 1050.